The van der Waals surface area contributed by atoms with E-state index in [0.717, 1.165) is 11.8 Å². The van der Waals surface area contributed by atoms with Crippen molar-refractivity contribution in [3.05, 3.63) is 35.4 Å². The number of hydrogen-bond acceptors (Lipinski definition) is 1. The minimum absolute atomic E-state index is 0.466. The predicted molar refractivity (Wildman–Crippen MR) is 88.0 cm³/mol. The smallest absolute Gasteiger partial charge is 0.0294 e. The molecule has 0 radical (unpaired) electrons. The standard InChI is InChI=1S/C19H31N/c1-5-7-16-8-10-18(11-9-16)15(4)20-19-13-12-17(6-2)14(19)3/h8-11,14-15,17,19-20H,5-7,12-13H2,1-4H3. The fraction of sp³-hybridized carbons (Fsp3) is 0.684. The number of rotatable bonds is 6. The quantitative estimate of drug-likeness (QED) is 0.759. The average molecular weight is 273 g/mol. The first-order valence-electron chi connectivity index (χ1n) is 8.50. The molecule has 20 heavy (non-hydrogen) atoms. The summed E-state index contributed by atoms with van der Waals surface area (Å²) in [5.74, 6) is 1.74. The van der Waals surface area contributed by atoms with Crippen molar-refractivity contribution in [2.24, 2.45) is 11.8 Å². The lowest BCUT2D eigenvalue weighted by Gasteiger charge is -2.25. The number of nitrogens with one attached hydrogen (secondary N) is 1. The molecule has 1 fully saturated rings. The van der Waals surface area contributed by atoms with Crippen LogP contribution in [0.1, 0.15) is 70.5 Å². The molecule has 0 heterocycles. The molecular formula is C19H31N. The molecule has 1 N–H and O–H groups in total. The lowest BCUT2D eigenvalue weighted by Crippen LogP contribution is -2.34. The molecule has 0 bridgehead atoms. The van der Waals surface area contributed by atoms with E-state index in [4.69, 9.17) is 0 Å². The molecule has 1 saturated carbocycles. The molecule has 1 aromatic rings. The molecule has 2 rings (SSSR count). The topological polar surface area (TPSA) is 12.0 Å². The van der Waals surface area contributed by atoms with Gasteiger partial charge in [-0.2, -0.15) is 0 Å². The van der Waals surface area contributed by atoms with Crippen LogP contribution in [-0.2, 0) is 6.42 Å². The van der Waals surface area contributed by atoms with Gasteiger partial charge in [-0.15, -0.1) is 0 Å². The normalized spacial score (nSPS) is 27.7. The maximum Gasteiger partial charge on any atom is 0.0294 e. The van der Waals surface area contributed by atoms with Crippen molar-refractivity contribution in [1.29, 1.82) is 0 Å². The molecule has 1 aliphatic rings. The highest BCUT2D eigenvalue weighted by molar-refractivity contribution is 5.25. The van der Waals surface area contributed by atoms with E-state index in [0.29, 0.717) is 12.1 Å². The van der Waals surface area contributed by atoms with Crippen LogP contribution >= 0.6 is 0 Å². The van der Waals surface area contributed by atoms with Gasteiger partial charge < -0.3 is 5.32 Å². The van der Waals surface area contributed by atoms with Crippen LogP contribution in [0.15, 0.2) is 24.3 Å². The van der Waals surface area contributed by atoms with Crippen molar-refractivity contribution in [1.82, 2.24) is 5.32 Å². The summed E-state index contributed by atoms with van der Waals surface area (Å²) in [5.41, 5.74) is 2.89. The van der Waals surface area contributed by atoms with Crippen LogP contribution in [0.25, 0.3) is 0 Å². The Morgan fingerprint density at radius 3 is 2.40 bits per heavy atom. The van der Waals surface area contributed by atoms with E-state index in [9.17, 15) is 0 Å². The van der Waals surface area contributed by atoms with Gasteiger partial charge in [0.25, 0.3) is 0 Å². The second-order valence-corrected chi connectivity index (χ2v) is 6.59. The van der Waals surface area contributed by atoms with Gasteiger partial charge in [0.15, 0.2) is 0 Å². The third kappa shape index (κ3) is 3.63. The summed E-state index contributed by atoms with van der Waals surface area (Å²) < 4.78 is 0. The molecule has 1 aromatic carbocycles. The largest absolute Gasteiger partial charge is 0.307 e. The van der Waals surface area contributed by atoms with Crippen molar-refractivity contribution in [2.45, 2.75) is 71.9 Å². The summed E-state index contributed by atoms with van der Waals surface area (Å²) in [6.45, 7) is 9.31. The van der Waals surface area contributed by atoms with Crippen molar-refractivity contribution < 1.29 is 0 Å². The highest BCUT2D eigenvalue weighted by atomic mass is 15.0. The third-order valence-corrected chi connectivity index (χ3v) is 5.23. The van der Waals surface area contributed by atoms with Crippen molar-refractivity contribution in [2.75, 3.05) is 0 Å². The first kappa shape index (κ1) is 15.6. The average Bonchev–Trinajstić information content (AvgIpc) is 2.80. The fourth-order valence-electron chi connectivity index (χ4n) is 3.74. The molecule has 0 saturated heterocycles. The van der Waals surface area contributed by atoms with Gasteiger partial charge in [-0.25, -0.2) is 0 Å². The summed E-state index contributed by atoms with van der Waals surface area (Å²) >= 11 is 0. The van der Waals surface area contributed by atoms with Gasteiger partial charge in [-0.3, -0.25) is 0 Å². The van der Waals surface area contributed by atoms with Crippen LogP contribution in [0.5, 0.6) is 0 Å². The van der Waals surface area contributed by atoms with Gasteiger partial charge in [-0.1, -0.05) is 57.9 Å². The van der Waals surface area contributed by atoms with E-state index < -0.39 is 0 Å². The lowest BCUT2D eigenvalue weighted by atomic mass is 9.93. The van der Waals surface area contributed by atoms with Crippen molar-refractivity contribution in [3.8, 4) is 0 Å². The highest BCUT2D eigenvalue weighted by Gasteiger charge is 2.32. The van der Waals surface area contributed by atoms with E-state index in [1.165, 1.54) is 43.2 Å². The second kappa shape index (κ2) is 7.26. The van der Waals surface area contributed by atoms with E-state index in [1.54, 1.807) is 0 Å². The van der Waals surface area contributed by atoms with E-state index >= 15 is 0 Å². The number of hydrogen-bond donors (Lipinski definition) is 1. The molecular weight excluding hydrogens is 242 g/mol. The van der Waals surface area contributed by atoms with Gasteiger partial charge >= 0.3 is 0 Å². The highest BCUT2D eigenvalue weighted by Crippen LogP contribution is 2.35. The second-order valence-electron chi connectivity index (χ2n) is 6.59. The summed E-state index contributed by atoms with van der Waals surface area (Å²) in [7, 11) is 0. The van der Waals surface area contributed by atoms with Gasteiger partial charge in [0.2, 0.25) is 0 Å². The summed E-state index contributed by atoms with van der Waals surface area (Å²) in [6.07, 6.45) is 6.50. The number of benzene rings is 1. The lowest BCUT2D eigenvalue weighted by molar-refractivity contribution is 0.327. The first-order chi connectivity index (χ1) is 9.65. The molecule has 0 amide bonds. The molecule has 1 aliphatic carbocycles. The summed E-state index contributed by atoms with van der Waals surface area (Å²) in [5, 5.41) is 3.86. The van der Waals surface area contributed by atoms with Crippen molar-refractivity contribution in [3.63, 3.8) is 0 Å². The zero-order chi connectivity index (χ0) is 14.5. The Morgan fingerprint density at radius 1 is 1.15 bits per heavy atom. The monoisotopic (exact) mass is 273 g/mol. The van der Waals surface area contributed by atoms with Gasteiger partial charge in [0, 0.05) is 12.1 Å². The SMILES string of the molecule is CCCc1ccc(C(C)NC2CCC(CC)C2C)cc1. The van der Waals surface area contributed by atoms with E-state index in [1.807, 2.05) is 0 Å². The zero-order valence-electron chi connectivity index (χ0n) is 13.7. The Kier molecular flexibility index (Phi) is 5.65. The number of aryl methyl sites for hydroxylation is 1. The van der Waals surface area contributed by atoms with Crippen LogP contribution in [0, 0.1) is 11.8 Å². The summed E-state index contributed by atoms with van der Waals surface area (Å²) in [6, 6.07) is 10.4. The molecule has 0 spiro atoms. The predicted octanol–water partition coefficient (Wildman–Crippen LogP) is 5.11. The molecule has 0 aliphatic heterocycles. The zero-order valence-corrected chi connectivity index (χ0v) is 13.7. The molecule has 0 aromatic heterocycles. The third-order valence-electron chi connectivity index (χ3n) is 5.23. The Hall–Kier alpha value is -0.820. The van der Waals surface area contributed by atoms with Crippen LogP contribution in [0.2, 0.25) is 0 Å². The minimum atomic E-state index is 0.466. The maximum absolute atomic E-state index is 3.86. The Morgan fingerprint density at radius 2 is 1.85 bits per heavy atom. The van der Waals surface area contributed by atoms with Crippen LogP contribution in [-0.4, -0.2) is 6.04 Å². The van der Waals surface area contributed by atoms with Crippen LogP contribution in [0.4, 0.5) is 0 Å². The fourth-order valence-corrected chi connectivity index (χ4v) is 3.74. The Balaban J connectivity index is 1.93. The van der Waals surface area contributed by atoms with Crippen LogP contribution in [0.3, 0.4) is 0 Å². The van der Waals surface area contributed by atoms with E-state index in [-0.39, 0.29) is 0 Å². The van der Waals surface area contributed by atoms with Gasteiger partial charge in [0.05, 0.1) is 0 Å². The Labute approximate surface area is 125 Å². The molecule has 4 unspecified atom stereocenters. The van der Waals surface area contributed by atoms with Gasteiger partial charge in [-0.05, 0) is 49.1 Å². The minimum Gasteiger partial charge on any atom is -0.307 e. The summed E-state index contributed by atoms with van der Waals surface area (Å²) in [4.78, 5) is 0. The molecule has 112 valence electrons. The van der Waals surface area contributed by atoms with Crippen molar-refractivity contribution >= 4 is 0 Å². The van der Waals surface area contributed by atoms with Gasteiger partial charge in [0.1, 0.15) is 0 Å². The molecule has 1 nitrogen and oxygen atoms in total. The molecule has 1 heteroatoms. The molecule has 4 atom stereocenters. The maximum atomic E-state index is 3.86. The first-order valence-corrected chi connectivity index (χ1v) is 8.50. The van der Waals surface area contributed by atoms with E-state index in [2.05, 4.69) is 57.3 Å². The Bertz CT molecular complexity index is 395. The van der Waals surface area contributed by atoms with Crippen LogP contribution < -0.4 is 5.32 Å².